The number of likely N-dealkylation sites (tertiary alicyclic amines) is 1. The predicted molar refractivity (Wildman–Crippen MR) is 134 cm³/mol. The van der Waals surface area contributed by atoms with Gasteiger partial charge in [-0.2, -0.15) is 0 Å². The lowest BCUT2D eigenvalue weighted by molar-refractivity contribution is -0.141. The first-order chi connectivity index (χ1) is 16.4. The topological polar surface area (TPSA) is 112 Å². The van der Waals surface area contributed by atoms with Gasteiger partial charge in [0.05, 0.1) is 22.2 Å². The zero-order chi connectivity index (χ0) is 25.9. The van der Waals surface area contributed by atoms with Gasteiger partial charge in [-0.05, 0) is 45.7 Å². The minimum Gasteiger partial charge on any atom is -0.444 e. The van der Waals surface area contributed by atoms with Gasteiger partial charge in [0.2, 0.25) is 11.8 Å². The van der Waals surface area contributed by atoms with Crippen molar-refractivity contribution in [3.05, 3.63) is 41.0 Å². The number of rotatable bonds is 6. The van der Waals surface area contributed by atoms with Crippen LogP contribution in [0.5, 0.6) is 0 Å². The molecule has 0 unspecified atom stereocenters. The van der Waals surface area contributed by atoms with Crippen molar-refractivity contribution >= 4 is 29.2 Å². The summed E-state index contributed by atoms with van der Waals surface area (Å²) in [5.74, 6) is -0.760. The lowest BCUT2D eigenvalue weighted by Crippen LogP contribution is -2.53. The van der Waals surface area contributed by atoms with Gasteiger partial charge >= 0.3 is 6.09 Å². The van der Waals surface area contributed by atoms with Crippen LogP contribution in [0.25, 0.3) is 10.4 Å². The number of aromatic nitrogens is 1. The number of ether oxygens (including phenoxy) is 1. The second kappa shape index (κ2) is 10.7. The summed E-state index contributed by atoms with van der Waals surface area (Å²) in [5.41, 5.74) is 4.08. The second-order valence-corrected chi connectivity index (χ2v) is 10.7. The van der Waals surface area contributed by atoms with Gasteiger partial charge in [0.25, 0.3) is 0 Å². The molecule has 190 valence electrons. The lowest BCUT2D eigenvalue weighted by atomic mass is 10.1. The van der Waals surface area contributed by atoms with Crippen molar-refractivity contribution in [3.8, 4) is 10.4 Å². The molecule has 1 aromatic heterocycles. The summed E-state index contributed by atoms with van der Waals surface area (Å²) in [5, 5.41) is 13.1. The number of amides is 3. The molecule has 0 spiro atoms. The molecule has 1 saturated heterocycles. The average molecular weight is 503 g/mol. The Morgan fingerprint density at radius 3 is 2.51 bits per heavy atom. The Balaban J connectivity index is 1.61. The van der Waals surface area contributed by atoms with Gasteiger partial charge in [-0.15, -0.1) is 11.3 Å². The maximum absolute atomic E-state index is 13.2. The molecule has 2 aromatic rings. The minimum absolute atomic E-state index is 0.0340. The molecule has 9 nitrogen and oxygen atoms in total. The van der Waals surface area contributed by atoms with Crippen LogP contribution in [-0.4, -0.2) is 75.2 Å². The third kappa shape index (κ3) is 6.58. The summed E-state index contributed by atoms with van der Waals surface area (Å²) in [6, 6.07) is 6.20. The van der Waals surface area contributed by atoms with Crippen LogP contribution in [0.4, 0.5) is 4.79 Å². The number of likely N-dealkylation sites (N-methyl/N-ethyl adjacent to an activating group) is 1. The summed E-state index contributed by atoms with van der Waals surface area (Å²) in [7, 11) is 1.48. The van der Waals surface area contributed by atoms with Gasteiger partial charge in [0.1, 0.15) is 17.7 Å². The summed E-state index contributed by atoms with van der Waals surface area (Å²) < 4.78 is 5.34. The maximum Gasteiger partial charge on any atom is 0.410 e. The number of carbonyl (C=O) groups excluding carboxylic acids is 3. The molecule has 1 aromatic carbocycles. The van der Waals surface area contributed by atoms with E-state index in [2.05, 4.69) is 10.3 Å². The van der Waals surface area contributed by atoms with Crippen molar-refractivity contribution in [1.29, 1.82) is 0 Å². The number of benzene rings is 1. The standard InChI is InChI=1S/C25H34N4O5S/c1-15-21(35-14-27-15)18-9-7-17(8-10-18)12-26-22(31)20-11-19(30)13-29(20)23(32)16(2)28(6)24(33)34-25(3,4)5/h7-10,14,16,19-20,30H,11-13H2,1-6H3,(H,26,31)/t16-,19-,20+/m0/s1. The van der Waals surface area contributed by atoms with E-state index in [1.54, 1.807) is 39.0 Å². The minimum atomic E-state index is -0.854. The van der Waals surface area contributed by atoms with Crippen LogP contribution in [-0.2, 0) is 20.9 Å². The Morgan fingerprint density at radius 1 is 1.29 bits per heavy atom. The van der Waals surface area contributed by atoms with E-state index in [0.717, 1.165) is 21.7 Å². The second-order valence-electron chi connectivity index (χ2n) is 9.84. The summed E-state index contributed by atoms with van der Waals surface area (Å²) in [6.45, 7) is 9.12. The molecule has 3 amide bonds. The number of hydrogen-bond acceptors (Lipinski definition) is 7. The van der Waals surface area contributed by atoms with Gasteiger partial charge in [0, 0.05) is 26.6 Å². The summed E-state index contributed by atoms with van der Waals surface area (Å²) in [6.07, 6.45) is -1.30. The molecule has 0 saturated carbocycles. The molecule has 0 radical (unpaired) electrons. The number of carbonyl (C=O) groups is 3. The number of hydrogen-bond donors (Lipinski definition) is 2. The highest BCUT2D eigenvalue weighted by Crippen LogP contribution is 2.27. The van der Waals surface area contributed by atoms with Crippen LogP contribution in [0.3, 0.4) is 0 Å². The third-order valence-electron chi connectivity index (χ3n) is 5.91. The Bertz CT molecular complexity index is 1060. The van der Waals surface area contributed by atoms with Crippen molar-refractivity contribution in [2.75, 3.05) is 13.6 Å². The molecule has 1 aliphatic heterocycles. The molecule has 35 heavy (non-hydrogen) atoms. The Hall–Kier alpha value is -2.98. The largest absolute Gasteiger partial charge is 0.444 e. The normalized spacial score (nSPS) is 18.8. The highest BCUT2D eigenvalue weighted by Gasteiger charge is 2.41. The average Bonchev–Trinajstić information content (AvgIpc) is 3.40. The number of thiazole rings is 1. The van der Waals surface area contributed by atoms with E-state index in [-0.39, 0.29) is 18.9 Å². The van der Waals surface area contributed by atoms with E-state index < -0.39 is 35.8 Å². The monoisotopic (exact) mass is 502 g/mol. The van der Waals surface area contributed by atoms with Gasteiger partial charge < -0.3 is 20.1 Å². The van der Waals surface area contributed by atoms with E-state index in [0.29, 0.717) is 6.54 Å². The molecule has 0 aliphatic carbocycles. The fourth-order valence-corrected chi connectivity index (χ4v) is 4.68. The van der Waals surface area contributed by atoms with Crippen LogP contribution in [0.2, 0.25) is 0 Å². The van der Waals surface area contributed by atoms with Crippen LogP contribution in [0.15, 0.2) is 29.8 Å². The van der Waals surface area contributed by atoms with E-state index >= 15 is 0 Å². The summed E-state index contributed by atoms with van der Waals surface area (Å²) >= 11 is 1.58. The van der Waals surface area contributed by atoms with E-state index in [1.807, 2.05) is 36.7 Å². The van der Waals surface area contributed by atoms with Gasteiger partial charge in [-0.3, -0.25) is 14.5 Å². The molecule has 2 heterocycles. The first-order valence-electron chi connectivity index (χ1n) is 11.6. The molecular weight excluding hydrogens is 468 g/mol. The fourth-order valence-electron chi connectivity index (χ4n) is 3.86. The van der Waals surface area contributed by atoms with Gasteiger partial charge in [-0.25, -0.2) is 9.78 Å². The Morgan fingerprint density at radius 2 is 1.94 bits per heavy atom. The van der Waals surface area contributed by atoms with Crippen molar-refractivity contribution in [3.63, 3.8) is 0 Å². The van der Waals surface area contributed by atoms with Crippen LogP contribution in [0, 0.1) is 6.92 Å². The molecule has 3 atom stereocenters. The number of nitrogens with one attached hydrogen (secondary N) is 1. The Kier molecular flexibility index (Phi) is 8.17. The zero-order valence-electron chi connectivity index (χ0n) is 21.1. The van der Waals surface area contributed by atoms with Crippen molar-refractivity contribution in [1.82, 2.24) is 20.1 Å². The number of aliphatic hydroxyl groups is 1. The quantitative estimate of drug-likeness (QED) is 0.628. The van der Waals surface area contributed by atoms with E-state index in [9.17, 15) is 19.5 Å². The molecule has 10 heteroatoms. The highest BCUT2D eigenvalue weighted by atomic mass is 32.1. The molecule has 1 aliphatic rings. The fraction of sp³-hybridized carbons (Fsp3) is 0.520. The highest BCUT2D eigenvalue weighted by molar-refractivity contribution is 7.13. The number of aryl methyl sites for hydroxylation is 1. The first-order valence-corrected chi connectivity index (χ1v) is 12.5. The van der Waals surface area contributed by atoms with Gasteiger partial charge in [-0.1, -0.05) is 24.3 Å². The van der Waals surface area contributed by atoms with Crippen molar-refractivity contribution in [2.45, 2.75) is 71.4 Å². The van der Waals surface area contributed by atoms with Crippen molar-refractivity contribution < 1.29 is 24.2 Å². The smallest absolute Gasteiger partial charge is 0.410 e. The van der Waals surface area contributed by atoms with Crippen LogP contribution in [0.1, 0.15) is 45.4 Å². The van der Waals surface area contributed by atoms with E-state index in [4.69, 9.17) is 4.74 Å². The molecule has 0 bridgehead atoms. The molecule has 1 fully saturated rings. The van der Waals surface area contributed by atoms with Crippen LogP contribution >= 0.6 is 11.3 Å². The Labute approximate surface area is 210 Å². The molecule has 2 N–H and O–H groups in total. The number of β-amino-alcohol motifs (C(OH)–C–C–N with tert-alkyl or cyclic N) is 1. The SMILES string of the molecule is Cc1ncsc1-c1ccc(CNC(=O)[C@H]2C[C@H](O)CN2C(=O)[C@H](C)N(C)C(=O)OC(C)(C)C)cc1. The van der Waals surface area contributed by atoms with Gasteiger partial charge in [0.15, 0.2) is 0 Å². The maximum atomic E-state index is 13.2. The molecular formula is C25H34N4O5S. The van der Waals surface area contributed by atoms with E-state index in [1.165, 1.54) is 16.8 Å². The number of aliphatic hydroxyl groups excluding tert-OH is 1. The van der Waals surface area contributed by atoms with Crippen LogP contribution < -0.4 is 5.32 Å². The first kappa shape index (κ1) is 26.6. The summed E-state index contributed by atoms with van der Waals surface area (Å²) in [4.78, 5) is 46.4. The van der Waals surface area contributed by atoms with Crippen molar-refractivity contribution in [2.24, 2.45) is 0 Å². The third-order valence-corrected chi connectivity index (χ3v) is 6.89. The zero-order valence-corrected chi connectivity index (χ0v) is 21.9. The number of nitrogens with zero attached hydrogens (tertiary/aromatic N) is 3. The lowest BCUT2D eigenvalue weighted by Gasteiger charge is -2.32. The molecule has 3 rings (SSSR count). The predicted octanol–water partition coefficient (Wildman–Crippen LogP) is 2.95.